The maximum absolute atomic E-state index is 13.4. The van der Waals surface area contributed by atoms with Gasteiger partial charge in [0, 0.05) is 24.0 Å². The van der Waals surface area contributed by atoms with Crippen LogP contribution in [0.15, 0.2) is 59.7 Å². The first-order chi connectivity index (χ1) is 18.5. The molecule has 4 rings (SSSR count). The molecule has 0 spiro atoms. The summed E-state index contributed by atoms with van der Waals surface area (Å²) in [5.41, 5.74) is 3.75. The van der Waals surface area contributed by atoms with Gasteiger partial charge < -0.3 is 25.0 Å². The molecule has 0 bridgehead atoms. The minimum absolute atomic E-state index is 0.0656. The van der Waals surface area contributed by atoms with Gasteiger partial charge in [0.2, 0.25) is 0 Å². The molecule has 2 aromatic carbocycles. The first kappa shape index (κ1) is 28.4. The van der Waals surface area contributed by atoms with Crippen LogP contribution in [-0.4, -0.2) is 49.8 Å². The number of carboxylic acid groups (broad SMARTS) is 1. The molecule has 2 aromatic rings. The second-order valence-electron chi connectivity index (χ2n) is 11.3. The first-order valence-corrected chi connectivity index (χ1v) is 13.6. The van der Waals surface area contributed by atoms with Gasteiger partial charge in [-0.3, -0.25) is 4.79 Å². The largest absolute Gasteiger partial charge is 0.508 e. The number of aliphatic carboxylic acids is 1. The number of ether oxygens (including phenoxy) is 1. The zero-order valence-electron chi connectivity index (χ0n) is 23.2. The van der Waals surface area contributed by atoms with Crippen molar-refractivity contribution in [2.75, 3.05) is 0 Å². The number of phenolic OH excluding ortho intramolecular Hbond substituents is 1. The molecular weight excluding hydrogens is 494 g/mol. The molecule has 0 aliphatic carbocycles. The topological polar surface area (TPSA) is 107 Å². The number of allylic oxidation sites excluding steroid dienone is 4. The Balaban J connectivity index is 1.56. The maximum atomic E-state index is 13.4. The summed E-state index contributed by atoms with van der Waals surface area (Å²) < 4.78 is 6.43. The predicted molar refractivity (Wildman–Crippen MR) is 150 cm³/mol. The predicted octanol–water partition coefficient (Wildman–Crippen LogP) is 5.57. The first-order valence-electron chi connectivity index (χ1n) is 13.6. The van der Waals surface area contributed by atoms with Crippen LogP contribution in [0.4, 0.5) is 0 Å². The Hall–Kier alpha value is -3.58. The number of carboxylic acids is 1. The van der Waals surface area contributed by atoms with Gasteiger partial charge in [-0.2, -0.15) is 0 Å². The third kappa shape index (κ3) is 6.19. The molecule has 0 saturated carbocycles. The Morgan fingerprint density at radius 3 is 2.54 bits per heavy atom. The van der Waals surface area contributed by atoms with Gasteiger partial charge in [-0.25, -0.2) is 4.79 Å². The van der Waals surface area contributed by atoms with Crippen molar-refractivity contribution in [3.63, 3.8) is 0 Å². The number of aromatic hydroxyl groups is 1. The summed E-state index contributed by atoms with van der Waals surface area (Å²) in [6.07, 6.45) is 7.15. The molecule has 7 nitrogen and oxygen atoms in total. The van der Waals surface area contributed by atoms with E-state index in [1.807, 2.05) is 37.3 Å². The molecule has 3 atom stereocenters. The highest BCUT2D eigenvalue weighted by Gasteiger charge is 2.45. The van der Waals surface area contributed by atoms with E-state index in [0.29, 0.717) is 29.7 Å². The number of hydrogen-bond acceptors (Lipinski definition) is 5. The van der Waals surface area contributed by atoms with Crippen molar-refractivity contribution in [3.8, 4) is 11.5 Å². The van der Waals surface area contributed by atoms with Crippen LogP contribution in [0.1, 0.15) is 80.4 Å². The minimum atomic E-state index is -1.09. The zero-order valence-corrected chi connectivity index (χ0v) is 23.2. The van der Waals surface area contributed by atoms with E-state index in [9.17, 15) is 24.9 Å². The number of benzene rings is 2. The summed E-state index contributed by atoms with van der Waals surface area (Å²) in [4.78, 5) is 27.0. The molecule has 0 radical (unpaired) electrons. The highest BCUT2D eigenvalue weighted by atomic mass is 16.5. The monoisotopic (exact) mass is 533 g/mol. The number of aliphatic hydroxyl groups is 1. The zero-order chi connectivity index (χ0) is 28.3. The molecule has 0 fully saturated rings. The minimum Gasteiger partial charge on any atom is -0.508 e. The molecule has 2 aliphatic rings. The standard InChI is InChI=1S/C32H39NO6/c1-20(2)10-8-11-21(3)12-9-15-32(4)28(35)18-24-27(34)17-23-25(29(24)39-32)19-33(30(23)36)26(31(37)38)16-22-13-6-5-7-14-22/h5-7,10,12-14,17,26,28,34-35H,8-9,11,15-16,18-19H2,1-4H3,(H,37,38)/b21-12+/t26-,28-,32+/m1/s1. The molecule has 0 saturated heterocycles. The van der Waals surface area contributed by atoms with Gasteiger partial charge in [0.25, 0.3) is 5.91 Å². The summed E-state index contributed by atoms with van der Waals surface area (Å²) >= 11 is 0. The van der Waals surface area contributed by atoms with Crippen LogP contribution in [0.2, 0.25) is 0 Å². The van der Waals surface area contributed by atoms with Crippen molar-refractivity contribution in [2.45, 2.75) is 90.5 Å². The average Bonchev–Trinajstić information content (AvgIpc) is 3.20. The Morgan fingerprint density at radius 1 is 1.15 bits per heavy atom. The van der Waals surface area contributed by atoms with E-state index in [4.69, 9.17) is 4.74 Å². The fraction of sp³-hybridized carbons (Fsp3) is 0.438. The van der Waals surface area contributed by atoms with Crippen LogP contribution >= 0.6 is 0 Å². The van der Waals surface area contributed by atoms with Crippen LogP contribution in [0.3, 0.4) is 0 Å². The molecule has 2 heterocycles. The number of hydrogen-bond donors (Lipinski definition) is 3. The quantitative estimate of drug-likeness (QED) is 0.345. The normalized spacial score (nSPS) is 21.2. The number of rotatable bonds is 10. The Kier molecular flexibility index (Phi) is 8.50. The lowest BCUT2D eigenvalue weighted by Crippen LogP contribution is -2.49. The van der Waals surface area contributed by atoms with Crippen LogP contribution in [-0.2, 0) is 24.2 Å². The van der Waals surface area contributed by atoms with Gasteiger partial charge in [-0.1, -0.05) is 53.6 Å². The van der Waals surface area contributed by atoms with Gasteiger partial charge in [-0.15, -0.1) is 0 Å². The fourth-order valence-electron chi connectivity index (χ4n) is 5.44. The molecule has 3 N–H and O–H groups in total. The van der Waals surface area contributed by atoms with Gasteiger partial charge >= 0.3 is 5.97 Å². The van der Waals surface area contributed by atoms with Crippen molar-refractivity contribution >= 4 is 11.9 Å². The molecule has 1 amide bonds. The van der Waals surface area contributed by atoms with E-state index in [-0.39, 0.29) is 30.7 Å². The van der Waals surface area contributed by atoms with E-state index in [0.717, 1.165) is 18.4 Å². The van der Waals surface area contributed by atoms with Crippen molar-refractivity contribution in [1.82, 2.24) is 4.90 Å². The number of nitrogens with zero attached hydrogens (tertiary/aromatic N) is 1. The van der Waals surface area contributed by atoms with Crippen LogP contribution in [0.5, 0.6) is 11.5 Å². The Labute approximate surface area is 230 Å². The summed E-state index contributed by atoms with van der Waals surface area (Å²) in [7, 11) is 0. The molecule has 0 aromatic heterocycles. The molecule has 208 valence electrons. The summed E-state index contributed by atoms with van der Waals surface area (Å²) in [6, 6.07) is 9.53. The van der Waals surface area contributed by atoms with Crippen LogP contribution < -0.4 is 4.74 Å². The van der Waals surface area contributed by atoms with Gasteiger partial charge in [0.1, 0.15) is 23.1 Å². The van der Waals surface area contributed by atoms with Gasteiger partial charge in [0.15, 0.2) is 0 Å². The summed E-state index contributed by atoms with van der Waals surface area (Å²) in [5.74, 6) is -1.27. The number of amides is 1. The second kappa shape index (κ2) is 11.7. The van der Waals surface area contributed by atoms with E-state index in [1.54, 1.807) is 0 Å². The number of carbonyl (C=O) groups is 2. The third-order valence-electron chi connectivity index (χ3n) is 7.88. The molecule has 2 aliphatic heterocycles. The van der Waals surface area contributed by atoms with Gasteiger partial charge in [0.05, 0.1) is 18.2 Å². The SMILES string of the molecule is CC(C)=CCC/C(C)=C/CC[C@]1(C)Oc2c(c(O)cc3c2CN([C@H](Cc2ccccc2)C(=O)O)C3=O)C[C@H]1O. The average molecular weight is 534 g/mol. The van der Waals surface area contributed by atoms with Crippen molar-refractivity contribution in [3.05, 3.63) is 82.0 Å². The van der Waals surface area contributed by atoms with Crippen molar-refractivity contribution < 1.29 is 29.6 Å². The lowest BCUT2D eigenvalue weighted by Gasteiger charge is -2.41. The molecule has 39 heavy (non-hydrogen) atoms. The lowest BCUT2D eigenvalue weighted by molar-refractivity contribution is -0.142. The molecular formula is C32H39NO6. The van der Waals surface area contributed by atoms with Crippen molar-refractivity contribution in [2.24, 2.45) is 0 Å². The number of fused-ring (bicyclic) bond motifs is 3. The number of carbonyl (C=O) groups excluding carboxylic acids is 1. The number of aliphatic hydroxyl groups excluding tert-OH is 1. The van der Waals surface area contributed by atoms with Gasteiger partial charge in [-0.05, 0) is 65.0 Å². The maximum Gasteiger partial charge on any atom is 0.326 e. The highest BCUT2D eigenvalue weighted by Crippen LogP contribution is 2.46. The smallest absolute Gasteiger partial charge is 0.326 e. The number of phenols is 1. The lowest BCUT2D eigenvalue weighted by atomic mass is 9.84. The Bertz CT molecular complexity index is 1290. The van der Waals surface area contributed by atoms with E-state index in [2.05, 4.69) is 32.9 Å². The van der Waals surface area contributed by atoms with Crippen LogP contribution in [0, 0.1) is 0 Å². The third-order valence-corrected chi connectivity index (χ3v) is 7.88. The van der Waals surface area contributed by atoms with Crippen molar-refractivity contribution in [1.29, 1.82) is 0 Å². The molecule has 7 heteroatoms. The summed E-state index contributed by atoms with van der Waals surface area (Å²) in [5, 5.41) is 31.8. The Morgan fingerprint density at radius 2 is 1.87 bits per heavy atom. The van der Waals surface area contributed by atoms with E-state index in [1.165, 1.54) is 22.1 Å². The van der Waals surface area contributed by atoms with Crippen LogP contribution in [0.25, 0.3) is 0 Å². The van der Waals surface area contributed by atoms with E-state index >= 15 is 0 Å². The van der Waals surface area contributed by atoms with E-state index < -0.39 is 29.6 Å². The fourth-order valence-corrected chi connectivity index (χ4v) is 5.44. The highest BCUT2D eigenvalue weighted by molar-refractivity contribution is 6.02. The second-order valence-corrected chi connectivity index (χ2v) is 11.3. The summed E-state index contributed by atoms with van der Waals surface area (Å²) in [6.45, 7) is 8.20. The molecule has 0 unspecified atom stereocenters.